The summed E-state index contributed by atoms with van der Waals surface area (Å²) in [5.74, 6) is 0.628. The molecule has 0 amide bonds. The van der Waals surface area contributed by atoms with Crippen molar-refractivity contribution >= 4 is 22.5 Å². The van der Waals surface area contributed by atoms with Crippen LogP contribution in [0.25, 0.3) is 10.8 Å². The highest BCUT2D eigenvalue weighted by molar-refractivity contribution is 8.01. The lowest BCUT2D eigenvalue weighted by Gasteiger charge is -2.13. The van der Waals surface area contributed by atoms with Crippen LogP contribution in [-0.2, 0) is 6.54 Å². The molecule has 1 saturated carbocycles. The first-order valence-corrected chi connectivity index (χ1v) is 9.32. The molecule has 0 atom stereocenters. The lowest BCUT2D eigenvalue weighted by Crippen LogP contribution is -2.22. The first-order valence-electron chi connectivity index (χ1n) is 8.03. The fraction of sp³-hybridized carbons (Fsp3) is 0.444. The van der Waals surface area contributed by atoms with E-state index in [4.69, 9.17) is 4.74 Å². The molecule has 1 aliphatic carbocycles. The highest BCUT2D eigenvalue weighted by atomic mass is 32.2. The minimum atomic E-state index is 0.00525. The summed E-state index contributed by atoms with van der Waals surface area (Å²) in [6.07, 6.45) is 10.6. The Kier molecular flexibility index (Phi) is 5.06. The summed E-state index contributed by atoms with van der Waals surface area (Å²) < 4.78 is 7.71. The van der Waals surface area contributed by atoms with Gasteiger partial charge in [-0.2, -0.15) is 0 Å². The molecule has 0 aromatic carbocycles. The summed E-state index contributed by atoms with van der Waals surface area (Å²) in [5.41, 5.74) is 0.955. The third-order valence-electron chi connectivity index (χ3n) is 4.29. The molecule has 0 bridgehead atoms. The Balaban J connectivity index is 1.92. The van der Waals surface area contributed by atoms with E-state index in [2.05, 4.69) is 4.98 Å². The molecule has 2 heterocycles. The third kappa shape index (κ3) is 3.61. The van der Waals surface area contributed by atoms with E-state index < -0.39 is 0 Å². The molecule has 0 N–H and O–H groups in total. The van der Waals surface area contributed by atoms with Crippen LogP contribution in [0.5, 0.6) is 5.88 Å². The molecule has 3 rings (SSSR count). The zero-order valence-electron chi connectivity index (χ0n) is 13.6. The molecule has 0 saturated heterocycles. The summed E-state index contributed by atoms with van der Waals surface area (Å²) in [4.78, 5) is 17.0. The van der Waals surface area contributed by atoms with Crippen molar-refractivity contribution in [1.82, 2.24) is 9.55 Å². The Labute approximate surface area is 140 Å². The normalized spacial score (nSPS) is 15.7. The van der Waals surface area contributed by atoms with Gasteiger partial charge in [0.1, 0.15) is 6.10 Å². The van der Waals surface area contributed by atoms with Crippen LogP contribution >= 0.6 is 11.8 Å². The molecule has 0 radical (unpaired) electrons. The number of thioether (sulfide) groups is 1. The number of rotatable bonds is 5. The van der Waals surface area contributed by atoms with Gasteiger partial charge < -0.3 is 9.30 Å². The van der Waals surface area contributed by atoms with Crippen molar-refractivity contribution in [2.24, 2.45) is 0 Å². The van der Waals surface area contributed by atoms with Crippen LogP contribution in [0.3, 0.4) is 0 Å². The van der Waals surface area contributed by atoms with Gasteiger partial charge in [0.2, 0.25) is 5.88 Å². The van der Waals surface area contributed by atoms with E-state index in [1.807, 2.05) is 36.8 Å². The summed E-state index contributed by atoms with van der Waals surface area (Å²) >= 11 is 1.63. The average Bonchev–Trinajstić information content (AvgIpc) is 3.03. The van der Waals surface area contributed by atoms with Crippen LogP contribution in [0, 0.1) is 6.92 Å². The largest absolute Gasteiger partial charge is 0.474 e. The highest BCUT2D eigenvalue weighted by Crippen LogP contribution is 2.24. The second-order valence-electron chi connectivity index (χ2n) is 5.94. The Morgan fingerprint density at radius 2 is 2.17 bits per heavy atom. The van der Waals surface area contributed by atoms with Gasteiger partial charge in [0.15, 0.2) is 0 Å². The molecule has 5 heteroatoms. The van der Waals surface area contributed by atoms with Crippen molar-refractivity contribution < 1.29 is 4.74 Å². The number of aryl methyl sites for hydroxylation is 1. The van der Waals surface area contributed by atoms with Crippen LogP contribution in [0.2, 0.25) is 0 Å². The standard InChI is InChI=1S/C18H22N2O2S/c1-13-10-14-11-17(22-15-6-3-4-7-15)19-12-16(14)18(21)20(13)8-5-9-23-2/h5,9-12,15H,3-4,6-8H2,1-2H3/b9-5+. The smallest absolute Gasteiger partial charge is 0.260 e. The maximum absolute atomic E-state index is 12.6. The first kappa shape index (κ1) is 16.1. The van der Waals surface area contributed by atoms with Gasteiger partial charge in [-0.3, -0.25) is 4.79 Å². The molecular weight excluding hydrogens is 308 g/mol. The number of pyridine rings is 2. The van der Waals surface area contributed by atoms with Crippen LogP contribution in [-0.4, -0.2) is 21.9 Å². The van der Waals surface area contributed by atoms with E-state index in [-0.39, 0.29) is 11.7 Å². The maximum Gasteiger partial charge on any atom is 0.260 e. The van der Waals surface area contributed by atoms with Crippen LogP contribution in [0.4, 0.5) is 0 Å². The zero-order chi connectivity index (χ0) is 16.2. The highest BCUT2D eigenvalue weighted by Gasteiger charge is 2.17. The molecule has 0 unspecified atom stereocenters. The number of hydrogen-bond acceptors (Lipinski definition) is 4. The lowest BCUT2D eigenvalue weighted by atomic mass is 10.2. The Bertz CT molecular complexity index is 776. The fourth-order valence-corrected chi connectivity index (χ4v) is 3.35. The van der Waals surface area contributed by atoms with E-state index >= 15 is 0 Å². The number of ether oxygens (including phenoxy) is 1. The van der Waals surface area contributed by atoms with Gasteiger partial charge in [-0.1, -0.05) is 6.08 Å². The maximum atomic E-state index is 12.6. The minimum absolute atomic E-state index is 0.00525. The summed E-state index contributed by atoms with van der Waals surface area (Å²) in [6.45, 7) is 2.55. The molecular formula is C18H22N2O2S. The average molecular weight is 330 g/mol. The fourth-order valence-electron chi connectivity index (χ4n) is 3.07. The zero-order valence-corrected chi connectivity index (χ0v) is 14.4. The van der Waals surface area contributed by atoms with E-state index in [0.29, 0.717) is 17.8 Å². The van der Waals surface area contributed by atoms with Crippen LogP contribution in [0.1, 0.15) is 31.4 Å². The first-order chi connectivity index (χ1) is 11.2. The van der Waals surface area contributed by atoms with E-state index in [9.17, 15) is 4.79 Å². The molecule has 1 fully saturated rings. The molecule has 2 aromatic heterocycles. The van der Waals surface area contributed by atoms with Gasteiger partial charge in [-0.05, 0) is 55.7 Å². The topological polar surface area (TPSA) is 44.1 Å². The van der Waals surface area contributed by atoms with Crippen molar-refractivity contribution in [1.29, 1.82) is 0 Å². The number of fused-ring (bicyclic) bond motifs is 1. The SMILES string of the molecule is CS/C=C/Cn1c(C)cc2cc(OC3CCCC3)ncc2c1=O. The number of allylic oxidation sites excluding steroid dienone is 1. The Morgan fingerprint density at radius 3 is 2.91 bits per heavy atom. The quantitative estimate of drug-likeness (QED) is 0.834. The summed E-state index contributed by atoms with van der Waals surface area (Å²) in [6, 6.07) is 3.93. The Morgan fingerprint density at radius 1 is 1.39 bits per heavy atom. The lowest BCUT2D eigenvalue weighted by molar-refractivity contribution is 0.202. The van der Waals surface area contributed by atoms with Crippen molar-refractivity contribution in [2.45, 2.75) is 45.3 Å². The second-order valence-corrected chi connectivity index (χ2v) is 6.69. The summed E-state index contributed by atoms with van der Waals surface area (Å²) in [5, 5.41) is 3.54. The van der Waals surface area contributed by atoms with Gasteiger partial charge in [-0.25, -0.2) is 4.98 Å². The third-order valence-corrected chi connectivity index (χ3v) is 4.75. The van der Waals surface area contributed by atoms with E-state index in [1.165, 1.54) is 12.8 Å². The molecule has 23 heavy (non-hydrogen) atoms. The predicted octanol–water partition coefficient (Wildman–Crippen LogP) is 3.90. The number of nitrogens with zero attached hydrogens (tertiary/aromatic N) is 2. The number of hydrogen-bond donors (Lipinski definition) is 0. The van der Waals surface area contributed by atoms with Gasteiger partial charge in [0, 0.05) is 24.5 Å². The molecule has 0 spiro atoms. The second kappa shape index (κ2) is 7.21. The summed E-state index contributed by atoms with van der Waals surface area (Å²) in [7, 11) is 0. The van der Waals surface area contributed by atoms with Crippen molar-refractivity contribution in [2.75, 3.05) is 6.26 Å². The van der Waals surface area contributed by atoms with Gasteiger partial charge in [-0.15, -0.1) is 11.8 Å². The molecule has 1 aliphatic rings. The Hall–Kier alpha value is -1.75. The van der Waals surface area contributed by atoms with E-state index in [1.54, 1.807) is 22.5 Å². The van der Waals surface area contributed by atoms with Gasteiger partial charge in [0.25, 0.3) is 5.56 Å². The van der Waals surface area contributed by atoms with Crippen LogP contribution < -0.4 is 10.3 Å². The predicted molar refractivity (Wildman–Crippen MR) is 96.3 cm³/mol. The van der Waals surface area contributed by atoms with Crippen molar-refractivity contribution in [3.05, 3.63) is 45.9 Å². The van der Waals surface area contributed by atoms with Gasteiger partial charge in [0.05, 0.1) is 5.39 Å². The number of aromatic nitrogens is 2. The van der Waals surface area contributed by atoms with Crippen LogP contribution in [0.15, 0.2) is 34.6 Å². The molecule has 122 valence electrons. The minimum Gasteiger partial charge on any atom is -0.474 e. The van der Waals surface area contributed by atoms with Crippen molar-refractivity contribution in [3.63, 3.8) is 0 Å². The molecule has 4 nitrogen and oxygen atoms in total. The van der Waals surface area contributed by atoms with E-state index in [0.717, 1.165) is 23.9 Å². The van der Waals surface area contributed by atoms with Gasteiger partial charge >= 0.3 is 0 Å². The molecule has 2 aromatic rings. The monoisotopic (exact) mass is 330 g/mol. The molecule has 0 aliphatic heterocycles. The van der Waals surface area contributed by atoms with Crippen molar-refractivity contribution in [3.8, 4) is 5.88 Å².